The number of rotatable bonds is 3. The van der Waals surface area contributed by atoms with Crippen molar-refractivity contribution in [2.45, 2.75) is 18.9 Å². The van der Waals surface area contributed by atoms with E-state index in [9.17, 15) is 9.59 Å². The van der Waals surface area contributed by atoms with Crippen molar-refractivity contribution in [3.63, 3.8) is 0 Å². The molecule has 1 aromatic carbocycles. The first-order valence-electron chi connectivity index (χ1n) is 6.08. The number of benzene rings is 1. The molecule has 0 spiro atoms. The van der Waals surface area contributed by atoms with Gasteiger partial charge in [0, 0.05) is 23.7 Å². The van der Waals surface area contributed by atoms with Crippen molar-refractivity contribution in [2.75, 3.05) is 13.1 Å². The third-order valence-corrected chi connectivity index (χ3v) is 3.06. The largest absolute Gasteiger partial charge is 0.366 e. The van der Waals surface area contributed by atoms with Crippen LogP contribution in [0.1, 0.15) is 33.6 Å². The summed E-state index contributed by atoms with van der Waals surface area (Å²) in [4.78, 5) is 22.9. The Morgan fingerprint density at radius 1 is 1.22 bits per heavy atom. The molecule has 1 atom stereocenters. The van der Waals surface area contributed by atoms with Crippen LogP contribution in [0.15, 0.2) is 24.3 Å². The predicted octanol–water partition coefficient (Wildman–Crippen LogP) is 0.267. The zero-order valence-corrected chi connectivity index (χ0v) is 10.1. The van der Waals surface area contributed by atoms with Gasteiger partial charge in [-0.3, -0.25) is 9.59 Å². The van der Waals surface area contributed by atoms with Crippen LogP contribution in [0, 0.1) is 0 Å². The molecule has 0 saturated carbocycles. The number of nitrogens with two attached hydrogens (primary N) is 1. The first-order valence-corrected chi connectivity index (χ1v) is 6.08. The molecule has 1 aliphatic rings. The summed E-state index contributed by atoms with van der Waals surface area (Å²) in [5, 5.41) is 6.21. The molecular formula is C13H17N3O2. The van der Waals surface area contributed by atoms with Crippen molar-refractivity contribution < 1.29 is 9.59 Å². The van der Waals surface area contributed by atoms with Crippen molar-refractivity contribution in [1.29, 1.82) is 0 Å². The lowest BCUT2D eigenvalue weighted by Gasteiger charge is -2.23. The van der Waals surface area contributed by atoms with E-state index in [1.54, 1.807) is 24.3 Å². The SMILES string of the molecule is NC(=O)c1ccc(C(=O)NC2CCCNC2)cc1. The normalized spacial score (nSPS) is 19.2. The smallest absolute Gasteiger partial charge is 0.251 e. The molecule has 18 heavy (non-hydrogen) atoms. The van der Waals surface area contributed by atoms with Crippen molar-refractivity contribution in [2.24, 2.45) is 5.73 Å². The van der Waals surface area contributed by atoms with E-state index in [4.69, 9.17) is 5.73 Å². The fraction of sp³-hybridized carbons (Fsp3) is 0.385. The van der Waals surface area contributed by atoms with E-state index >= 15 is 0 Å². The average Bonchev–Trinajstić information content (AvgIpc) is 2.40. The highest BCUT2D eigenvalue weighted by Gasteiger charge is 2.16. The zero-order chi connectivity index (χ0) is 13.0. The van der Waals surface area contributed by atoms with Gasteiger partial charge < -0.3 is 16.4 Å². The molecule has 5 nitrogen and oxygen atoms in total. The summed E-state index contributed by atoms with van der Waals surface area (Å²) in [6.45, 7) is 1.82. The summed E-state index contributed by atoms with van der Waals surface area (Å²) in [6, 6.07) is 6.55. The maximum Gasteiger partial charge on any atom is 0.251 e. The van der Waals surface area contributed by atoms with Crippen LogP contribution in [0.5, 0.6) is 0 Å². The number of nitrogens with one attached hydrogen (secondary N) is 2. The first-order chi connectivity index (χ1) is 8.66. The highest BCUT2D eigenvalue weighted by Crippen LogP contribution is 2.06. The Balaban J connectivity index is 1.97. The molecule has 2 amide bonds. The Kier molecular flexibility index (Phi) is 3.94. The van der Waals surface area contributed by atoms with E-state index in [-0.39, 0.29) is 11.9 Å². The molecule has 5 heteroatoms. The molecule has 4 N–H and O–H groups in total. The molecule has 1 aromatic rings. The van der Waals surface area contributed by atoms with Gasteiger partial charge in [0.25, 0.3) is 5.91 Å². The quantitative estimate of drug-likeness (QED) is 0.716. The molecule has 1 saturated heterocycles. The van der Waals surface area contributed by atoms with Crippen LogP contribution < -0.4 is 16.4 Å². The fourth-order valence-electron chi connectivity index (χ4n) is 2.03. The van der Waals surface area contributed by atoms with Crippen LogP contribution >= 0.6 is 0 Å². The molecule has 0 bridgehead atoms. The van der Waals surface area contributed by atoms with Crippen molar-refractivity contribution in [3.8, 4) is 0 Å². The van der Waals surface area contributed by atoms with Crippen LogP contribution in [-0.2, 0) is 0 Å². The van der Waals surface area contributed by atoms with E-state index in [2.05, 4.69) is 10.6 Å². The number of amides is 2. The minimum Gasteiger partial charge on any atom is -0.366 e. The Morgan fingerprint density at radius 2 is 1.89 bits per heavy atom. The second kappa shape index (κ2) is 5.64. The van der Waals surface area contributed by atoms with E-state index in [1.807, 2.05) is 0 Å². The Morgan fingerprint density at radius 3 is 2.44 bits per heavy atom. The summed E-state index contributed by atoms with van der Waals surface area (Å²) < 4.78 is 0. The second-order valence-electron chi connectivity index (χ2n) is 4.46. The Labute approximate surface area is 106 Å². The van der Waals surface area contributed by atoms with Crippen LogP contribution in [0.3, 0.4) is 0 Å². The van der Waals surface area contributed by atoms with Gasteiger partial charge in [0.05, 0.1) is 0 Å². The second-order valence-corrected chi connectivity index (χ2v) is 4.46. The molecule has 0 radical (unpaired) electrons. The molecule has 2 rings (SSSR count). The first kappa shape index (κ1) is 12.6. The summed E-state index contributed by atoms with van der Waals surface area (Å²) in [5.74, 6) is -0.599. The van der Waals surface area contributed by atoms with Gasteiger partial charge in [0.1, 0.15) is 0 Å². The van der Waals surface area contributed by atoms with E-state index in [0.29, 0.717) is 11.1 Å². The summed E-state index contributed by atoms with van der Waals surface area (Å²) >= 11 is 0. The Hall–Kier alpha value is -1.88. The Bertz CT molecular complexity index is 436. The monoisotopic (exact) mass is 247 g/mol. The predicted molar refractivity (Wildman–Crippen MR) is 68.3 cm³/mol. The topological polar surface area (TPSA) is 84.2 Å². The fourth-order valence-corrected chi connectivity index (χ4v) is 2.03. The van der Waals surface area contributed by atoms with E-state index < -0.39 is 5.91 Å². The molecule has 0 aliphatic carbocycles. The number of piperidine rings is 1. The number of carbonyl (C=O) groups excluding carboxylic acids is 2. The highest BCUT2D eigenvalue weighted by atomic mass is 16.2. The summed E-state index contributed by atoms with van der Waals surface area (Å²) in [7, 11) is 0. The lowest BCUT2D eigenvalue weighted by molar-refractivity contribution is 0.0928. The number of primary amides is 1. The molecule has 1 unspecified atom stereocenters. The number of hydrogen-bond donors (Lipinski definition) is 3. The van der Waals surface area contributed by atoms with Crippen LogP contribution in [-0.4, -0.2) is 30.9 Å². The summed E-state index contributed by atoms with van der Waals surface area (Å²) in [6.07, 6.45) is 2.07. The molecule has 1 aliphatic heterocycles. The average molecular weight is 247 g/mol. The van der Waals surface area contributed by atoms with Gasteiger partial charge in [0.2, 0.25) is 5.91 Å². The van der Waals surface area contributed by atoms with Crippen molar-refractivity contribution in [1.82, 2.24) is 10.6 Å². The van der Waals surface area contributed by atoms with Crippen LogP contribution in [0.2, 0.25) is 0 Å². The van der Waals surface area contributed by atoms with Gasteiger partial charge in [-0.2, -0.15) is 0 Å². The standard InChI is InChI=1S/C13H17N3O2/c14-12(17)9-3-5-10(6-4-9)13(18)16-11-2-1-7-15-8-11/h3-6,11,15H,1-2,7-8H2,(H2,14,17)(H,16,18). The van der Waals surface area contributed by atoms with Crippen molar-refractivity contribution >= 4 is 11.8 Å². The third kappa shape index (κ3) is 3.07. The van der Waals surface area contributed by atoms with Gasteiger partial charge >= 0.3 is 0 Å². The third-order valence-electron chi connectivity index (χ3n) is 3.06. The van der Waals surface area contributed by atoms with Gasteiger partial charge in [-0.05, 0) is 43.7 Å². The highest BCUT2D eigenvalue weighted by molar-refractivity contribution is 5.97. The van der Waals surface area contributed by atoms with Gasteiger partial charge in [-0.25, -0.2) is 0 Å². The van der Waals surface area contributed by atoms with Crippen LogP contribution in [0.4, 0.5) is 0 Å². The lowest BCUT2D eigenvalue weighted by Crippen LogP contribution is -2.45. The minimum absolute atomic E-state index is 0.111. The molecule has 1 heterocycles. The molecule has 0 aromatic heterocycles. The molecule has 1 fully saturated rings. The maximum absolute atomic E-state index is 11.9. The van der Waals surface area contributed by atoms with Gasteiger partial charge in [-0.15, -0.1) is 0 Å². The van der Waals surface area contributed by atoms with Gasteiger partial charge in [0.15, 0.2) is 0 Å². The lowest BCUT2D eigenvalue weighted by atomic mass is 10.1. The number of carbonyl (C=O) groups is 2. The zero-order valence-electron chi connectivity index (χ0n) is 10.1. The van der Waals surface area contributed by atoms with Crippen LogP contribution in [0.25, 0.3) is 0 Å². The van der Waals surface area contributed by atoms with E-state index in [0.717, 1.165) is 25.9 Å². The minimum atomic E-state index is -0.488. The maximum atomic E-state index is 11.9. The van der Waals surface area contributed by atoms with E-state index in [1.165, 1.54) is 0 Å². The van der Waals surface area contributed by atoms with Crippen molar-refractivity contribution in [3.05, 3.63) is 35.4 Å². The summed E-state index contributed by atoms with van der Waals surface area (Å²) in [5.41, 5.74) is 6.10. The number of hydrogen-bond acceptors (Lipinski definition) is 3. The van der Waals surface area contributed by atoms with Gasteiger partial charge in [-0.1, -0.05) is 0 Å². The molecular weight excluding hydrogens is 230 g/mol. The molecule has 96 valence electrons.